The minimum Gasteiger partial charge on any atom is -0.478 e. The van der Waals surface area contributed by atoms with E-state index < -0.39 is 5.97 Å². The Hall–Kier alpha value is -1.79. The quantitative estimate of drug-likeness (QED) is 0.776. The summed E-state index contributed by atoms with van der Waals surface area (Å²) in [5.74, 6) is -0.908. The number of nitrogens with two attached hydrogens (primary N) is 1. The standard InChI is InChI=1S/C9H6Cl2N4O2/c10-5-1-3(7-13-9(12)15-14-7)4(8(16)17)2-6(5)11/h1-2H,(H,16,17)(H3,12,13,14,15). The maximum atomic E-state index is 11.1. The Labute approximate surface area is 105 Å². The molecule has 2 rings (SSSR count). The molecular formula is C9H6Cl2N4O2. The van der Waals surface area contributed by atoms with Crippen LogP contribution in [0.1, 0.15) is 10.4 Å². The molecule has 8 heteroatoms. The Morgan fingerprint density at radius 2 is 2.00 bits per heavy atom. The number of nitrogens with zero attached hydrogens (tertiary/aromatic N) is 2. The van der Waals surface area contributed by atoms with Crippen molar-refractivity contribution < 1.29 is 9.90 Å². The number of hydrogen-bond donors (Lipinski definition) is 3. The number of halogens is 2. The van der Waals surface area contributed by atoms with Crippen LogP contribution in [0.25, 0.3) is 11.4 Å². The van der Waals surface area contributed by atoms with Gasteiger partial charge in [0, 0.05) is 5.56 Å². The molecule has 0 fully saturated rings. The number of H-pyrrole nitrogens is 1. The molecule has 1 heterocycles. The molecule has 0 amide bonds. The summed E-state index contributed by atoms with van der Waals surface area (Å²) < 4.78 is 0. The molecule has 0 bridgehead atoms. The number of aromatic nitrogens is 3. The summed E-state index contributed by atoms with van der Waals surface area (Å²) in [7, 11) is 0. The second kappa shape index (κ2) is 4.23. The number of carboxylic acids is 1. The summed E-state index contributed by atoms with van der Waals surface area (Å²) in [5.41, 5.74) is 5.59. The largest absolute Gasteiger partial charge is 0.478 e. The van der Waals surface area contributed by atoms with E-state index in [1.165, 1.54) is 12.1 Å². The zero-order valence-corrected chi connectivity index (χ0v) is 9.75. The first-order valence-corrected chi connectivity index (χ1v) is 5.15. The summed E-state index contributed by atoms with van der Waals surface area (Å²) in [4.78, 5) is 14.9. The van der Waals surface area contributed by atoms with Gasteiger partial charge in [0.2, 0.25) is 5.95 Å². The summed E-state index contributed by atoms with van der Waals surface area (Å²) in [6, 6.07) is 2.65. The first-order chi connectivity index (χ1) is 7.99. The minimum atomic E-state index is -1.14. The second-order valence-corrected chi connectivity index (χ2v) is 3.97. The lowest BCUT2D eigenvalue weighted by atomic mass is 10.1. The monoisotopic (exact) mass is 272 g/mol. The first kappa shape index (κ1) is 11.7. The van der Waals surface area contributed by atoms with E-state index in [0.717, 1.165) is 0 Å². The number of carboxylic acid groups (broad SMARTS) is 1. The third-order valence-electron chi connectivity index (χ3n) is 2.05. The molecule has 17 heavy (non-hydrogen) atoms. The highest BCUT2D eigenvalue weighted by atomic mass is 35.5. The van der Waals surface area contributed by atoms with Gasteiger partial charge >= 0.3 is 5.97 Å². The van der Waals surface area contributed by atoms with Crippen LogP contribution in [-0.2, 0) is 0 Å². The van der Waals surface area contributed by atoms with Crippen molar-refractivity contribution in [1.29, 1.82) is 0 Å². The van der Waals surface area contributed by atoms with Gasteiger partial charge in [-0.05, 0) is 12.1 Å². The fourth-order valence-electron chi connectivity index (χ4n) is 1.31. The zero-order valence-electron chi connectivity index (χ0n) is 8.24. The molecule has 0 spiro atoms. The number of benzene rings is 1. The van der Waals surface area contributed by atoms with E-state index in [1.54, 1.807) is 0 Å². The van der Waals surface area contributed by atoms with Crippen molar-refractivity contribution in [3.05, 3.63) is 27.7 Å². The first-order valence-electron chi connectivity index (χ1n) is 4.39. The Bertz CT molecular complexity index is 597. The number of hydrogen-bond acceptors (Lipinski definition) is 4. The van der Waals surface area contributed by atoms with Crippen LogP contribution in [0.2, 0.25) is 10.0 Å². The number of anilines is 1. The van der Waals surface area contributed by atoms with Crippen LogP contribution >= 0.6 is 23.2 Å². The molecule has 6 nitrogen and oxygen atoms in total. The average molecular weight is 273 g/mol. The van der Waals surface area contributed by atoms with E-state index in [2.05, 4.69) is 15.2 Å². The van der Waals surface area contributed by atoms with Gasteiger partial charge in [0.15, 0.2) is 5.82 Å². The van der Waals surface area contributed by atoms with Gasteiger partial charge in [-0.3, -0.25) is 5.10 Å². The van der Waals surface area contributed by atoms with Gasteiger partial charge < -0.3 is 10.8 Å². The lowest BCUT2D eigenvalue weighted by Crippen LogP contribution is -2.01. The normalized spacial score (nSPS) is 10.5. The molecule has 0 aliphatic rings. The Morgan fingerprint density at radius 1 is 1.35 bits per heavy atom. The van der Waals surface area contributed by atoms with Crippen LogP contribution in [0.15, 0.2) is 12.1 Å². The summed E-state index contributed by atoms with van der Waals surface area (Å²) in [6.45, 7) is 0. The molecule has 0 saturated carbocycles. The molecule has 0 unspecified atom stereocenters. The van der Waals surface area contributed by atoms with Crippen molar-refractivity contribution in [2.75, 3.05) is 5.73 Å². The molecule has 1 aromatic carbocycles. The van der Waals surface area contributed by atoms with Gasteiger partial charge in [-0.15, -0.1) is 5.10 Å². The SMILES string of the molecule is Nc1n[nH]c(-c2cc(Cl)c(Cl)cc2C(=O)O)n1. The second-order valence-electron chi connectivity index (χ2n) is 3.16. The number of nitrogen functional groups attached to an aromatic ring is 1. The van der Waals surface area contributed by atoms with Crippen LogP contribution in [0, 0.1) is 0 Å². The van der Waals surface area contributed by atoms with E-state index in [-0.39, 0.29) is 32.9 Å². The molecule has 0 saturated heterocycles. The minimum absolute atomic E-state index is 0.0161. The van der Waals surface area contributed by atoms with Gasteiger partial charge in [-0.1, -0.05) is 23.2 Å². The van der Waals surface area contributed by atoms with Gasteiger partial charge in [0.1, 0.15) is 0 Å². The third-order valence-corrected chi connectivity index (χ3v) is 2.77. The fourth-order valence-corrected chi connectivity index (χ4v) is 1.64. The molecule has 0 atom stereocenters. The number of carbonyl (C=O) groups is 1. The van der Waals surface area contributed by atoms with Gasteiger partial charge in [0.25, 0.3) is 0 Å². The molecular weight excluding hydrogens is 267 g/mol. The Morgan fingerprint density at radius 3 is 2.53 bits per heavy atom. The van der Waals surface area contributed by atoms with Crippen LogP contribution in [0.5, 0.6) is 0 Å². The van der Waals surface area contributed by atoms with Crippen molar-refractivity contribution in [1.82, 2.24) is 15.2 Å². The number of aromatic amines is 1. The topological polar surface area (TPSA) is 105 Å². The predicted octanol–water partition coefficient (Wildman–Crippen LogP) is 2.06. The molecule has 0 aliphatic heterocycles. The molecule has 0 radical (unpaired) electrons. The van der Waals surface area contributed by atoms with Gasteiger partial charge in [-0.25, -0.2) is 4.79 Å². The Balaban J connectivity index is 2.67. The van der Waals surface area contributed by atoms with E-state index in [9.17, 15) is 4.79 Å². The smallest absolute Gasteiger partial charge is 0.336 e. The fraction of sp³-hybridized carbons (Fsp3) is 0. The highest BCUT2D eigenvalue weighted by Crippen LogP contribution is 2.30. The van der Waals surface area contributed by atoms with Crippen LogP contribution in [-0.4, -0.2) is 26.3 Å². The van der Waals surface area contributed by atoms with E-state index in [1.807, 2.05) is 0 Å². The van der Waals surface area contributed by atoms with Crippen molar-refractivity contribution >= 4 is 35.1 Å². The van der Waals surface area contributed by atoms with E-state index in [0.29, 0.717) is 0 Å². The molecule has 4 N–H and O–H groups in total. The van der Waals surface area contributed by atoms with Crippen molar-refractivity contribution in [2.45, 2.75) is 0 Å². The van der Waals surface area contributed by atoms with Gasteiger partial charge in [-0.2, -0.15) is 4.98 Å². The van der Waals surface area contributed by atoms with E-state index >= 15 is 0 Å². The average Bonchev–Trinajstić information content (AvgIpc) is 2.68. The molecule has 1 aromatic heterocycles. The Kier molecular flexibility index (Phi) is 2.91. The van der Waals surface area contributed by atoms with Crippen LogP contribution in [0.4, 0.5) is 5.95 Å². The van der Waals surface area contributed by atoms with Crippen LogP contribution in [0.3, 0.4) is 0 Å². The van der Waals surface area contributed by atoms with Crippen LogP contribution < -0.4 is 5.73 Å². The van der Waals surface area contributed by atoms with Crippen molar-refractivity contribution in [3.8, 4) is 11.4 Å². The highest BCUT2D eigenvalue weighted by Gasteiger charge is 2.17. The maximum absolute atomic E-state index is 11.1. The molecule has 2 aromatic rings. The molecule has 88 valence electrons. The lowest BCUT2D eigenvalue weighted by Gasteiger charge is -2.05. The third kappa shape index (κ3) is 2.17. The zero-order chi connectivity index (χ0) is 12.6. The summed E-state index contributed by atoms with van der Waals surface area (Å²) in [6.07, 6.45) is 0. The van der Waals surface area contributed by atoms with Gasteiger partial charge in [0.05, 0.1) is 15.6 Å². The van der Waals surface area contributed by atoms with E-state index in [4.69, 9.17) is 34.0 Å². The van der Waals surface area contributed by atoms with Crippen molar-refractivity contribution in [2.24, 2.45) is 0 Å². The predicted molar refractivity (Wildman–Crippen MR) is 63.2 cm³/mol. The van der Waals surface area contributed by atoms with Crippen molar-refractivity contribution in [3.63, 3.8) is 0 Å². The summed E-state index contributed by atoms with van der Waals surface area (Å²) >= 11 is 11.6. The number of nitrogens with one attached hydrogen (secondary N) is 1. The lowest BCUT2D eigenvalue weighted by molar-refractivity contribution is 0.0697. The highest BCUT2D eigenvalue weighted by molar-refractivity contribution is 6.42. The summed E-state index contributed by atoms with van der Waals surface area (Å²) in [5, 5.41) is 15.6. The number of rotatable bonds is 2. The molecule has 0 aliphatic carbocycles. The number of aromatic carboxylic acids is 1. The maximum Gasteiger partial charge on any atom is 0.336 e.